The smallest absolute Gasteiger partial charge is 0.179 e. The lowest BCUT2D eigenvalue weighted by molar-refractivity contribution is 0.590. The Balaban J connectivity index is 0.000000177. The molecule has 104 heavy (non-hydrogen) atoms. The molecule has 17 aromatic rings. The summed E-state index contributed by atoms with van der Waals surface area (Å²) >= 11 is 0. The number of nitrogens with zero attached hydrogens (tertiary/aromatic N) is 4. The maximum Gasteiger partial charge on any atom is 0.179 e. The zero-order valence-corrected chi connectivity index (χ0v) is 60.0. The van der Waals surface area contributed by atoms with Crippen LogP contribution in [-0.4, -0.2) is 35.7 Å². The third kappa shape index (κ3) is 13.1. The summed E-state index contributed by atoms with van der Waals surface area (Å²) in [6, 6.07) is 137. The van der Waals surface area contributed by atoms with E-state index >= 15 is 0 Å². The van der Waals surface area contributed by atoms with Crippen LogP contribution < -0.4 is 41.5 Å². The van der Waals surface area contributed by atoms with Gasteiger partial charge in [0.05, 0.1) is 11.0 Å². The van der Waals surface area contributed by atoms with Gasteiger partial charge in [0.2, 0.25) is 0 Å². The summed E-state index contributed by atoms with van der Waals surface area (Å²) in [6.45, 7) is 6.86. The third-order valence-corrected chi connectivity index (χ3v) is 29.9. The van der Waals surface area contributed by atoms with E-state index < -0.39 is 16.1 Å². The standard InChI is InChI=1S/C58H49NSi2.C39H27N3.CH4/c1-58(2,3)44-34-36-45(37-35-44)59-56-40-38-52(60(46-22-10-4-11-23-46,47-24-12-5-13-25-47)48-26-14-6-15-27-48)42-54(56)55-43-53(39-41-57(55)59)61(49-28-16-7-17-29-49,50-30-18-8-19-31-50)51-32-20-9-21-33-51;1-7-28(34-13-4-16-40-25-34)19-31(10-1)37-22-38(32-11-2-8-29(20-32)35-14-5-17-41-26-35)24-39(23-37)33-12-3-9-30(21-33)36-15-6-18-42-27-36;/h4-43H,1-3H3;1-27H;1H4. The number of hydrogen-bond donors (Lipinski definition) is 0. The number of hydrogen-bond acceptors (Lipinski definition) is 3. The van der Waals surface area contributed by atoms with Crippen LogP contribution >= 0.6 is 0 Å². The van der Waals surface area contributed by atoms with Crippen molar-refractivity contribution in [2.75, 3.05) is 0 Å². The van der Waals surface area contributed by atoms with Crippen LogP contribution in [0.5, 0.6) is 0 Å². The zero-order chi connectivity index (χ0) is 69.6. The molecule has 500 valence electrons. The fraction of sp³-hybridized carbons (Fsp3) is 0.0510. The topological polar surface area (TPSA) is 43.6 Å². The van der Waals surface area contributed by atoms with Gasteiger partial charge in [0, 0.05) is 70.3 Å². The largest absolute Gasteiger partial charge is 0.309 e. The molecule has 13 aromatic carbocycles. The Morgan fingerprint density at radius 2 is 0.490 bits per heavy atom. The van der Waals surface area contributed by atoms with Gasteiger partial charge in [-0.15, -0.1) is 0 Å². The normalized spacial score (nSPS) is 11.5. The molecular weight excluding hydrogens is 1290 g/mol. The van der Waals surface area contributed by atoms with Crippen molar-refractivity contribution in [3.8, 4) is 72.4 Å². The van der Waals surface area contributed by atoms with Gasteiger partial charge in [-0.25, -0.2) is 0 Å². The SMILES string of the molecule is C.CC(C)(C)c1ccc(-n2c3ccc([Si](c4ccccc4)(c4ccccc4)c4ccccc4)cc3c3cc([Si](c4ccccc4)(c4ccccc4)c4ccccc4)ccc32)cc1.c1cncc(-c2cccc(-c3cc(-c4cccc(-c5cccnc5)c4)cc(-c4cccc(-c5cccnc5)c4)c3)c2)c1. The number of pyridine rings is 3. The van der Waals surface area contributed by atoms with Gasteiger partial charge in [-0.3, -0.25) is 15.0 Å². The summed E-state index contributed by atoms with van der Waals surface area (Å²) in [7, 11) is -5.62. The molecule has 0 saturated carbocycles. The molecule has 0 spiro atoms. The summed E-state index contributed by atoms with van der Waals surface area (Å²) in [5.41, 5.74) is 18.7. The Morgan fingerprint density at radius 3 is 0.750 bits per heavy atom. The molecule has 0 N–H and O–H groups in total. The van der Waals surface area contributed by atoms with E-state index in [9.17, 15) is 0 Å². The van der Waals surface area contributed by atoms with Gasteiger partial charge in [-0.2, -0.15) is 0 Å². The molecule has 0 aliphatic heterocycles. The molecule has 4 nitrogen and oxygen atoms in total. The number of benzene rings is 13. The molecule has 0 aliphatic carbocycles. The van der Waals surface area contributed by atoms with Crippen LogP contribution in [0.15, 0.2) is 407 Å². The van der Waals surface area contributed by atoms with E-state index in [1.54, 1.807) is 0 Å². The average Bonchev–Trinajstić information content (AvgIpc) is 1.68. The zero-order valence-electron chi connectivity index (χ0n) is 58.0. The Bertz CT molecular complexity index is 5120. The first-order valence-corrected chi connectivity index (χ1v) is 39.4. The van der Waals surface area contributed by atoms with Crippen LogP contribution in [-0.2, 0) is 5.41 Å². The molecule has 0 aliphatic rings. The van der Waals surface area contributed by atoms with Gasteiger partial charge in [-0.1, -0.05) is 319 Å². The Hall–Kier alpha value is -12.5. The molecule has 4 aromatic heterocycles. The van der Waals surface area contributed by atoms with E-state index in [0.29, 0.717) is 0 Å². The molecule has 0 unspecified atom stereocenters. The molecule has 0 amide bonds. The molecule has 4 heterocycles. The van der Waals surface area contributed by atoms with Crippen LogP contribution in [0.2, 0.25) is 0 Å². The van der Waals surface area contributed by atoms with Crippen LogP contribution in [0.4, 0.5) is 0 Å². The van der Waals surface area contributed by atoms with Gasteiger partial charge in [0.25, 0.3) is 0 Å². The predicted octanol–water partition coefficient (Wildman–Crippen LogP) is 19.3. The average molecular weight is 1370 g/mol. The van der Waals surface area contributed by atoms with Gasteiger partial charge in [0.15, 0.2) is 16.1 Å². The van der Waals surface area contributed by atoms with E-state index in [4.69, 9.17) is 0 Å². The quantitative estimate of drug-likeness (QED) is 0.0759. The van der Waals surface area contributed by atoms with Crippen molar-refractivity contribution in [1.29, 1.82) is 0 Å². The van der Waals surface area contributed by atoms with E-state index in [2.05, 4.69) is 392 Å². The first-order valence-electron chi connectivity index (χ1n) is 35.4. The minimum Gasteiger partial charge on any atom is -0.309 e. The van der Waals surface area contributed by atoms with Gasteiger partial charge in [0.1, 0.15) is 0 Å². The van der Waals surface area contributed by atoms with Crippen LogP contribution in [0.3, 0.4) is 0 Å². The summed E-state index contributed by atoms with van der Waals surface area (Å²) in [5, 5.41) is 13.5. The molecule has 0 bridgehead atoms. The molecule has 6 heteroatoms. The van der Waals surface area contributed by atoms with E-state index in [1.807, 2.05) is 55.4 Å². The van der Waals surface area contributed by atoms with Gasteiger partial charge in [-0.05, 0) is 181 Å². The third-order valence-electron chi connectivity index (χ3n) is 20.4. The summed E-state index contributed by atoms with van der Waals surface area (Å²) < 4.78 is 2.50. The Morgan fingerprint density at radius 1 is 0.231 bits per heavy atom. The van der Waals surface area contributed by atoms with Crippen molar-refractivity contribution in [3.05, 3.63) is 413 Å². The van der Waals surface area contributed by atoms with Gasteiger partial charge < -0.3 is 4.57 Å². The molecule has 0 saturated heterocycles. The first-order chi connectivity index (χ1) is 50.7. The molecule has 0 fully saturated rings. The fourth-order valence-corrected chi connectivity index (χ4v) is 24.9. The van der Waals surface area contributed by atoms with Crippen molar-refractivity contribution in [2.24, 2.45) is 0 Å². The van der Waals surface area contributed by atoms with E-state index in [0.717, 1.165) is 66.8 Å². The highest BCUT2D eigenvalue weighted by Gasteiger charge is 2.43. The summed E-state index contributed by atoms with van der Waals surface area (Å²) in [4.78, 5) is 13.0. The van der Waals surface area contributed by atoms with Crippen LogP contribution in [0.25, 0.3) is 94.3 Å². The highest BCUT2D eigenvalue weighted by molar-refractivity contribution is 7.20. The van der Waals surface area contributed by atoms with Crippen molar-refractivity contribution >= 4 is 79.4 Å². The molecule has 0 radical (unpaired) electrons. The maximum atomic E-state index is 4.33. The second-order valence-corrected chi connectivity index (χ2v) is 35.2. The monoisotopic (exact) mass is 1370 g/mol. The van der Waals surface area contributed by atoms with Crippen molar-refractivity contribution < 1.29 is 0 Å². The Labute approximate surface area is 613 Å². The molecule has 17 rings (SSSR count). The number of rotatable bonds is 15. The number of fused-ring (bicyclic) bond motifs is 3. The lowest BCUT2D eigenvalue weighted by Gasteiger charge is -2.34. The number of aromatic nitrogens is 4. The highest BCUT2D eigenvalue weighted by Crippen LogP contribution is 2.38. The highest BCUT2D eigenvalue weighted by atomic mass is 28.3. The van der Waals surface area contributed by atoms with Crippen molar-refractivity contribution in [3.63, 3.8) is 0 Å². The molecule has 0 atom stereocenters. The second-order valence-electron chi connectivity index (χ2n) is 27.6. The van der Waals surface area contributed by atoms with E-state index in [-0.39, 0.29) is 12.8 Å². The van der Waals surface area contributed by atoms with E-state index in [1.165, 1.54) is 74.6 Å². The minimum atomic E-state index is -2.81. The van der Waals surface area contributed by atoms with Gasteiger partial charge >= 0.3 is 0 Å². The van der Waals surface area contributed by atoms with Crippen molar-refractivity contribution in [1.82, 2.24) is 19.5 Å². The second kappa shape index (κ2) is 29.6. The Kier molecular flexibility index (Phi) is 19.2. The fourth-order valence-electron chi connectivity index (χ4n) is 15.4. The van der Waals surface area contributed by atoms with Crippen LogP contribution in [0, 0.1) is 0 Å². The van der Waals surface area contributed by atoms with Crippen molar-refractivity contribution in [2.45, 2.75) is 33.6 Å². The minimum absolute atomic E-state index is 0. The first kappa shape index (κ1) is 67.4. The lowest BCUT2D eigenvalue weighted by atomic mass is 9.87. The summed E-state index contributed by atoms with van der Waals surface area (Å²) in [5.74, 6) is 0. The lowest BCUT2D eigenvalue weighted by Crippen LogP contribution is -2.74. The molecular formula is C98H80N4Si2. The van der Waals surface area contributed by atoms with Crippen LogP contribution in [0.1, 0.15) is 33.8 Å². The predicted molar refractivity (Wildman–Crippen MR) is 446 cm³/mol. The maximum absolute atomic E-state index is 4.33. The summed E-state index contributed by atoms with van der Waals surface area (Å²) in [6.07, 6.45) is 11.2.